The summed E-state index contributed by atoms with van der Waals surface area (Å²) in [7, 11) is 0. The summed E-state index contributed by atoms with van der Waals surface area (Å²) >= 11 is 0. The molecule has 0 unspecified atom stereocenters. The molecule has 0 bridgehead atoms. The van der Waals surface area contributed by atoms with Crippen molar-refractivity contribution in [2.24, 2.45) is 11.8 Å². The highest BCUT2D eigenvalue weighted by molar-refractivity contribution is 5.99. The number of benzene rings is 1. The van der Waals surface area contributed by atoms with Crippen LogP contribution in [0, 0.1) is 11.8 Å². The summed E-state index contributed by atoms with van der Waals surface area (Å²) in [5, 5.41) is 12.4. The molecule has 272 valence electrons. The van der Waals surface area contributed by atoms with Gasteiger partial charge in [-0.25, -0.2) is 0 Å². The summed E-state index contributed by atoms with van der Waals surface area (Å²) in [4.78, 5) is 88.1. The Labute approximate surface area is 293 Å². The molecule has 50 heavy (non-hydrogen) atoms. The number of nitrogens with one attached hydrogen (secondary N) is 5. The molecular formula is C37H52N6O7. The Morgan fingerprint density at radius 3 is 2.20 bits per heavy atom. The maximum atomic E-state index is 14.2. The summed E-state index contributed by atoms with van der Waals surface area (Å²) in [6, 6.07) is 2.25. The lowest BCUT2D eigenvalue weighted by Crippen LogP contribution is -2.59. The van der Waals surface area contributed by atoms with Crippen molar-refractivity contribution in [1.82, 2.24) is 31.2 Å². The van der Waals surface area contributed by atoms with Gasteiger partial charge in [0.2, 0.25) is 29.5 Å². The number of para-hydroxylation sites is 1. The van der Waals surface area contributed by atoms with Gasteiger partial charge >= 0.3 is 5.97 Å². The van der Waals surface area contributed by atoms with E-state index in [-0.39, 0.29) is 24.8 Å². The van der Waals surface area contributed by atoms with Crippen molar-refractivity contribution in [2.75, 3.05) is 6.54 Å². The number of carbonyl (C=O) groups excluding carboxylic acids is 6. The van der Waals surface area contributed by atoms with E-state index in [9.17, 15) is 28.8 Å². The number of aromatic nitrogens is 1. The van der Waals surface area contributed by atoms with Crippen molar-refractivity contribution in [3.63, 3.8) is 0 Å². The number of fused-ring (bicyclic) bond motifs is 2. The van der Waals surface area contributed by atoms with E-state index in [0.717, 1.165) is 42.1 Å². The molecule has 1 aromatic carbocycles. The first kappa shape index (κ1) is 36.9. The second-order valence-electron chi connectivity index (χ2n) is 15.4. The molecule has 1 aliphatic carbocycles. The molecule has 1 aromatic heterocycles. The number of hydrogen-bond acceptors (Lipinski definition) is 7. The molecule has 13 heteroatoms. The molecule has 3 aliphatic rings. The normalized spacial score (nSPS) is 26.2. The van der Waals surface area contributed by atoms with Crippen molar-refractivity contribution >= 4 is 46.4 Å². The number of rotatable bonds is 7. The number of amides is 5. The van der Waals surface area contributed by atoms with Crippen LogP contribution in [0.3, 0.4) is 0 Å². The maximum absolute atomic E-state index is 14.2. The smallest absolute Gasteiger partial charge is 0.308 e. The molecular weight excluding hydrogens is 640 g/mol. The van der Waals surface area contributed by atoms with Crippen LogP contribution in [-0.4, -0.2) is 87.7 Å². The topological polar surface area (TPSA) is 179 Å². The van der Waals surface area contributed by atoms with Gasteiger partial charge in [-0.3, -0.25) is 28.8 Å². The Kier molecular flexibility index (Phi) is 11.5. The van der Waals surface area contributed by atoms with E-state index in [2.05, 4.69) is 26.3 Å². The zero-order chi connectivity index (χ0) is 36.2. The average molecular weight is 693 g/mol. The van der Waals surface area contributed by atoms with Gasteiger partial charge in [-0.05, 0) is 76.3 Å². The van der Waals surface area contributed by atoms with E-state index >= 15 is 0 Å². The molecule has 2 aliphatic heterocycles. The molecule has 2 aromatic rings. The number of esters is 1. The first-order valence-electron chi connectivity index (χ1n) is 18.0. The Hall–Kier alpha value is -4.42. The Morgan fingerprint density at radius 2 is 1.50 bits per heavy atom. The molecule has 0 spiro atoms. The molecule has 5 N–H and O–H groups in total. The monoisotopic (exact) mass is 692 g/mol. The minimum Gasteiger partial charge on any atom is -0.460 e. The van der Waals surface area contributed by atoms with E-state index in [4.69, 9.17) is 4.74 Å². The Bertz CT molecular complexity index is 1590. The quantitative estimate of drug-likeness (QED) is 0.277. The van der Waals surface area contributed by atoms with Gasteiger partial charge in [0.25, 0.3) is 0 Å². The van der Waals surface area contributed by atoms with Crippen molar-refractivity contribution < 1.29 is 33.5 Å². The van der Waals surface area contributed by atoms with Crippen LogP contribution in [0.25, 0.3) is 10.9 Å². The van der Waals surface area contributed by atoms with Gasteiger partial charge in [0.1, 0.15) is 35.8 Å². The van der Waals surface area contributed by atoms with E-state index in [1.807, 2.05) is 38.1 Å². The van der Waals surface area contributed by atoms with Gasteiger partial charge in [-0.15, -0.1) is 0 Å². The van der Waals surface area contributed by atoms with Crippen LogP contribution in [0.2, 0.25) is 0 Å². The average Bonchev–Trinajstić information content (AvgIpc) is 3.82. The van der Waals surface area contributed by atoms with E-state index < -0.39 is 77.7 Å². The van der Waals surface area contributed by atoms with Crippen LogP contribution in [0.5, 0.6) is 0 Å². The first-order chi connectivity index (χ1) is 23.7. The lowest BCUT2D eigenvalue weighted by Gasteiger charge is -2.31. The molecule has 5 rings (SSSR count). The molecule has 13 nitrogen and oxygen atoms in total. The Morgan fingerprint density at radius 1 is 0.840 bits per heavy atom. The first-order valence-corrected chi connectivity index (χ1v) is 18.0. The van der Waals surface area contributed by atoms with E-state index in [1.54, 1.807) is 27.0 Å². The highest BCUT2D eigenvalue weighted by Crippen LogP contribution is 2.29. The second-order valence-corrected chi connectivity index (χ2v) is 15.4. The molecule has 5 amide bonds. The number of ether oxygens (including phenoxy) is 1. The highest BCUT2D eigenvalue weighted by Gasteiger charge is 2.43. The molecule has 3 heterocycles. The summed E-state index contributed by atoms with van der Waals surface area (Å²) in [5.41, 5.74) is 0.769. The standard InChI is InChI=1S/C37H52N6O7/c1-21(2)17-26-32(45)39-27(18-23-20-38-25-14-9-8-13-24(23)25)33(46)41-28(19-30(44)50-37(3,4)5)36(49)43-16-10-15-29(43)34(47)42-31(35(48)40-26)22-11-6-7-12-22/h8-9,13-14,20-22,26-29,31,38H,6-7,10-12,15-19H2,1-5H3,(H,39,45)(H,40,48)(H,41,46)(H,42,47)/t26-,27+,28+,29-,31+/m0/s1. The SMILES string of the molecule is CC(C)C[C@@H]1NC(=O)[C@@H](C2CCCC2)NC(=O)[C@@H]2CCCN2C(=O)[C@@H](CC(=O)OC(C)(C)C)NC(=O)[C@@H](Cc2c[nH]c3ccccc23)NC1=O. The third kappa shape index (κ3) is 9.02. The van der Waals surface area contributed by atoms with Crippen LogP contribution in [-0.2, 0) is 39.9 Å². The van der Waals surface area contributed by atoms with Gasteiger partial charge < -0.3 is 35.9 Å². The minimum atomic E-state index is -1.37. The van der Waals surface area contributed by atoms with Gasteiger partial charge in [0.15, 0.2) is 0 Å². The van der Waals surface area contributed by atoms with Crippen LogP contribution in [0.4, 0.5) is 0 Å². The predicted molar refractivity (Wildman–Crippen MR) is 186 cm³/mol. The number of carbonyl (C=O) groups is 6. The molecule has 2 saturated heterocycles. The van der Waals surface area contributed by atoms with Crippen molar-refractivity contribution in [3.8, 4) is 0 Å². The zero-order valence-electron chi connectivity index (χ0n) is 29.8. The molecule has 3 fully saturated rings. The number of aromatic amines is 1. The highest BCUT2D eigenvalue weighted by atomic mass is 16.6. The van der Waals surface area contributed by atoms with Gasteiger partial charge in [0.05, 0.1) is 6.42 Å². The number of hydrogen-bond donors (Lipinski definition) is 5. The maximum Gasteiger partial charge on any atom is 0.308 e. The van der Waals surface area contributed by atoms with Crippen LogP contribution in [0.15, 0.2) is 30.5 Å². The largest absolute Gasteiger partial charge is 0.460 e. The molecule has 5 atom stereocenters. The third-order valence-electron chi connectivity index (χ3n) is 9.77. The van der Waals surface area contributed by atoms with Gasteiger partial charge in [0, 0.05) is 30.1 Å². The lowest BCUT2D eigenvalue weighted by molar-refractivity contribution is -0.158. The summed E-state index contributed by atoms with van der Waals surface area (Å²) in [6.07, 6.45) is 5.89. The number of H-pyrrole nitrogens is 1. The predicted octanol–water partition coefficient (Wildman–Crippen LogP) is 2.62. The van der Waals surface area contributed by atoms with Crippen molar-refractivity contribution in [2.45, 2.75) is 128 Å². The zero-order valence-corrected chi connectivity index (χ0v) is 29.8. The van der Waals surface area contributed by atoms with Crippen LogP contribution < -0.4 is 21.3 Å². The second kappa shape index (κ2) is 15.6. The number of nitrogens with zero attached hydrogens (tertiary/aromatic N) is 1. The minimum absolute atomic E-state index is 0.0106. The fourth-order valence-corrected chi connectivity index (χ4v) is 7.43. The fourth-order valence-electron chi connectivity index (χ4n) is 7.43. The van der Waals surface area contributed by atoms with E-state index in [0.29, 0.717) is 19.3 Å². The fraction of sp³-hybridized carbons (Fsp3) is 0.622. The van der Waals surface area contributed by atoms with Gasteiger partial charge in [-0.2, -0.15) is 0 Å². The molecule has 0 radical (unpaired) electrons. The van der Waals surface area contributed by atoms with Crippen molar-refractivity contribution in [3.05, 3.63) is 36.0 Å². The summed E-state index contributed by atoms with van der Waals surface area (Å²) in [6.45, 7) is 9.23. The van der Waals surface area contributed by atoms with Crippen LogP contribution in [0.1, 0.15) is 91.5 Å². The van der Waals surface area contributed by atoms with Crippen LogP contribution >= 0.6 is 0 Å². The van der Waals surface area contributed by atoms with Crippen molar-refractivity contribution in [1.29, 1.82) is 0 Å². The van der Waals surface area contributed by atoms with Gasteiger partial charge in [-0.1, -0.05) is 44.9 Å². The summed E-state index contributed by atoms with van der Waals surface area (Å²) in [5.74, 6) is -3.59. The summed E-state index contributed by atoms with van der Waals surface area (Å²) < 4.78 is 5.53. The Balaban J connectivity index is 1.55. The third-order valence-corrected chi connectivity index (χ3v) is 9.77. The lowest BCUT2D eigenvalue weighted by atomic mass is 9.95. The molecule has 1 saturated carbocycles. The van der Waals surface area contributed by atoms with E-state index in [1.165, 1.54) is 4.90 Å².